The van der Waals surface area contributed by atoms with Crippen LogP contribution in [0.3, 0.4) is 0 Å². The summed E-state index contributed by atoms with van der Waals surface area (Å²) in [5.41, 5.74) is 4.76. The highest BCUT2D eigenvalue weighted by Crippen LogP contribution is 2.38. The first-order chi connectivity index (χ1) is 12.4. The average molecular weight is 328 g/mol. The molecule has 124 valence electrons. The Morgan fingerprint density at radius 1 is 0.840 bits per heavy atom. The molecule has 1 aliphatic rings. The third kappa shape index (κ3) is 2.91. The topological polar surface area (TPSA) is 41.4 Å². The van der Waals surface area contributed by atoms with Crippen molar-refractivity contribution in [1.29, 1.82) is 0 Å². The maximum Gasteiger partial charge on any atom is 0.141 e. The molecule has 0 unspecified atom stereocenters. The van der Waals surface area contributed by atoms with Crippen LogP contribution in [0.1, 0.15) is 25.3 Å². The highest BCUT2D eigenvalue weighted by Gasteiger charge is 2.25. The van der Waals surface area contributed by atoms with Gasteiger partial charge in [-0.15, -0.1) is 0 Å². The Kier molecular flexibility index (Phi) is 4.25. The summed E-state index contributed by atoms with van der Waals surface area (Å²) in [6.45, 7) is 3.11. The Bertz CT molecular complexity index is 903. The first-order valence-electron chi connectivity index (χ1n) is 8.70. The van der Waals surface area contributed by atoms with E-state index in [2.05, 4.69) is 52.1 Å². The van der Waals surface area contributed by atoms with E-state index in [9.17, 15) is 0 Å². The van der Waals surface area contributed by atoms with Crippen molar-refractivity contribution in [2.45, 2.75) is 19.8 Å². The first kappa shape index (κ1) is 15.5. The van der Waals surface area contributed by atoms with Gasteiger partial charge in [0.2, 0.25) is 0 Å². The number of hydrogen-bond acceptors (Lipinski definition) is 4. The summed E-state index contributed by atoms with van der Waals surface area (Å²) in [4.78, 5) is 16.5. The van der Waals surface area contributed by atoms with Crippen molar-refractivity contribution < 1.29 is 0 Å². The quantitative estimate of drug-likeness (QED) is 0.688. The normalized spacial score (nSPS) is 12.8. The molecule has 0 saturated carbocycles. The Morgan fingerprint density at radius 2 is 1.60 bits per heavy atom. The van der Waals surface area contributed by atoms with Gasteiger partial charge in [-0.2, -0.15) is 0 Å². The van der Waals surface area contributed by atoms with E-state index in [0.29, 0.717) is 0 Å². The van der Waals surface area contributed by atoms with Crippen molar-refractivity contribution in [1.82, 2.24) is 9.97 Å². The summed E-state index contributed by atoms with van der Waals surface area (Å²) in [6, 6.07) is 18.4. The van der Waals surface area contributed by atoms with Crippen LogP contribution in [-0.4, -0.2) is 22.3 Å². The fourth-order valence-electron chi connectivity index (χ4n) is 3.11. The zero-order chi connectivity index (χ0) is 17.1. The molecule has 0 amide bonds. The highest BCUT2D eigenvalue weighted by molar-refractivity contribution is 6.14. The Hall–Kier alpha value is -3.01. The van der Waals surface area contributed by atoms with E-state index in [0.717, 1.165) is 53.5 Å². The number of rotatable bonds is 4. The molecule has 3 heterocycles. The molecule has 0 bridgehead atoms. The molecule has 4 rings (SSSR count). The van der Waals surface area contributed by atoms with Crippen LogP contribution in [0.5, 0.6) is 0 Å². The predicted octanol–water partition coefficient (Wildman–Crippen LogP) is 4.84. The molecule has 1 aromatic carbocycles. The summed E-state index contributed by atoms with van der Waals surface area (Å²) in [7, 11) is 0. The zero-order valence-electron chi connectivity index (χ0n) is 14.3. The van der Waals surface area contributed by atoms with Crippen molar-refractivity contribution in [2.75, 3.05) is 11.4 Å². The Morgan fingerprint density at radius 3 is 2.40 bits per heavy atom. The lowest BCUT2D eigenvalue weighted by molar-refractivity contribution is 0.795. The first-order valence-corrected chi connectivity index (χ1v) is 8.70. The minimum atomic E-state index is 0.838. The number of aliphatic imine (C=N–C) groups is 1. The molecule has 0 spiro atoms. The molecule has 4 nitrogen and oxygen atoms in total. The second-order valence-corrected chi connectivity index (χ2v) is 6.05. The number of amidine groups is 1. The number of benzene rings is 1. The van der Waals surface area contributed by atoms with Gasteiger partial charge in [-0.05, 0) is 30.7 Å². The number of aromatic nitrogens is 2. The van der Waals surface area contributed by atoms with Crippen LogP contribution < -0.4 is 4.90 Å². The van der Waals surface area contributed by atoms with Gasteiger partial charge in [0.25, 0.3) is 0 Å². The average Bonchev–Trinajstić information content (AvgIpc) is 2.82. The summed E-state index contributed by atoms with van der Waals surface area (Å²) in [5.74, 6) is 0.954. The molecule has 3 aromatic rings. The van der Waals surface area contributed by atoms with Gasteiger partial charge in [0.15, 0.2) is 0 Å². The number of anilines is 1. The van der Waals surface area contributed by atoms with Gasteiger partial charge < -0.3 is 4.90 Å². The SMILES string of the molecule is CCCCN1C(c2ccccc2)=Nc2cccnc2-c2ncccc21. The van der Waals surface area contributed by atoms with Crippen molar-refractivity contribution in [3.63, 3.8) is 0 Å². The second kappa shape index (κ2) is 6.85. The van der Waals surface area contributed by atoms with Crippen molar-refractivity contribution >= 4 is 17.2 Å². The van der Waals surface area contributed by atoms with Gasteiger partial charge in [0.05, 0.1) is 11.4 Å². The molecule has 25 heavy (non-hydrogen) atoms. The number of fused-ring (bicyclic) bond motifs is 3. The van der Waals surface area contributed by atoms with Gasteiger partial charge in [0, 0.05) is 24.5 Å². The molecule has 0 aliphatic carbocycles. The van der Waals surface area contributed by atoms with E-state index in [1.54, 1.807) is 6.20 Å². The fraction of sp³-hybridized carbons (Fsp3) is 0.190. The lowest BCUT2D eigenvalue weighted by atomic mass is 10.1. The van der Waals surface area contributed by atoms with Gasteiger partial charge in [0.1, 0.15) is 17.2 Å². The molecular formula is C21H20N4. The van der Waals surface area contributed by atoms with E-state index in [-0.39, 0.29) is 0 Å². The van der Waals surface area contributed by atoms with E-state index in [1.807, 2.05) is 30.5 Å². The standard InChI is InChI=1S/C21H20N4/c1-2-3-15-25-18-12-8-14-23-20(18)19-17(11-7-13-22-19)24-21(25)16-9-5-4-6-10-16/h4-14H,2-3,15H2,1H3. The minimum Gasteiger partial charge on any atom is -0.324 e. The maximum atomic E-state index is 5.00. The molecule has 0 atom stereocenters. The van der Waals surface area contributed by atoms with E-state index in [1.165, 1.54) is 0 Å². The van der Waals surface area contributed by atoms with Crippen LogP contribution >= 0.6 is 0 Å². The smallest absolute Gasteiger partial charge is 0.141 e. The lowest BCUT2D eigenvalue weighted by Crippen LogP contribution is -2.32. The molecule has 1 aliphatic heterocycles. The summed E-state index contributed by atoms with van der Waals surface area (Å²) < 4.78 is 0. The van der Waals surface area contributed by atoms with Crippen LogP contribution in [0.15, 0.2) is 72.0 Å². The van der Waals surface area contributed by atoms with Crippen LogP contribution in [0.4, 0.5) is 11.4 Å². The number of pyridine rings is 2. The van der Waals surface area contributed by atoms with Crippen LogP contribution in [0.2, 0.25) is 0 Å². The number of unbranched alkanes of at least 4 members (excludes halogenated alkanes) is 1. The molecule has 0 fully saturated rings. The Balaban J connectivity index is 1.97. The fourth-order valence-corrected chi connectivity index (χ4v) is 3.11. The van der Waals surface area contributed by atoms with Crippen molar-refractivity contribution in [2.24, 2.45) is 4.99 Å². The summed E-state index contributed by atoms with van der Waals surface area (Å²) in [5, 5.41) is 0. The molecular weight excluding hydrogens is 308 g/mol. The zero-order valence-corrected chi connectivity index (χ0v) is 14.3. The highest BCUT2D eigenvalue weighted by atomic mass is 15.2. The largest absolute Gasteiger partial charge is 0.324 e. The van der Waals surface area contributed by atoms with Crippen LogP contribution in [-0.2, 0) is 0 Å². The molecule has 0 N–H and O–H groups in total. The van der Waals surface area contributed by atoms with Gasteiger partial charge in [-0.25, -0.2) is 4.99 Å². The van der Waals surface area contributed by atoms with E-state index < -0.39 is 0 Å². The van der Waals surface area contributed by atoms with E-state index in [4.69, 9.17) is 4.99 Å². The third-order valence-corrected chi connectivity index (χ3v) is 4.34. The van der Waals surface area contributed by atoms with Gasteiger partial charge in [-0.1, -0.05) is 43.7 Å². The minimum absolute atomic E-state index is 0.838. The van der Waals surface area contributed by atoms with Crippen molar-refractivity contribution in [3.8, 4) is 11.4 Å². The maximum absolute atomic E-state index is 5.00. The number of nitrogens with zero attached hydrogens (tertiary/aromatic N) is 4. The molecule has 4 heteroatoms. The Labute approximate surface area is 147 Å². The van der Waals surface area contributed by atoms with Crippen LogP contribution in [0.25, 0.3) is 11.4 Å². The third-order valence-electron chi connectivity index (χ3n) is 4.34. The van der Waals surface area contributed by atoms with Crippen LogP contribution in [0, 0.1) is 0 Å². The molecule has 0 saturated heterocycles. The monoisotopic (exact) mass is 328 g/mol. The van der Waals surface area contributed by atoms with Gasteiger partial charge in [-0.3, -0.25) is 9.97 Å². The van der Waals surface area contributed by atoms with Gasteiger partial charge >= 0.3 is 0 Å². The van der Waals surface area contributed by atoms with E-state index >= 15 is 0 Å². The van der Waals surface area contributed by atoms with Crippen molar-refractivity contribution in [3.05, 3.63) is 72.6 Å². The predicted molar refractivity (Wildman–Crippen MR) is 102 cm³/mol. The molecule has 2 aromatic heterocycles. The second-order valence-electron chi connectivity index (χ2n) is 6.05. The summed E-state index contributed by atoms with van der Waals surface area (Å²) in [6.07, 6.45) is 5.84. The summed E-state index contributed by atoms with van der Waals surface area (Å²) >= 11 is 0. The molecule has 0 radical (unpaired) electrons. The number of hydrogen-bond donors (Lipinski definition) is 0. The lowest BCUT2D eigenvalue weighted by Gasteiger charge is -2.26.